The molecule has 1 heterocycles. The molecule has 5 nitrogen and oxygen atoms in total. The second kappa shape index (κ2) is 7.26. The minimum Gasteiger partial charge on any atom is -0.355 e. The van der Waals surface area contributed by atoms with Crippen LogP contribution < -0.4 is 10.9 Å². The molecule has 0 fully saturated rings. The topological polar surface area (TPSA) is 64.0 Å². The van der Waals surface area contributed by atoms with Gasteiger partial charge in [-0.1, -0.05) is 30.8 Å². The average molecular weight is 305 g/mol. The highest BCUT2D eigenvalue weighted by molar-refractivity contribution is 7.99. The van der Waals surface area contributed by atoms with Crippen LogP contribution in [0.15, 0.2) is 34.1 Å². The summed E-state index contributed by atoms with van der Waals surface area (Å²) in [7, 11) is 0. The number of carbonyl (C=O) groups excluding carboxylic acids is 1. The van der Waals surface area contributed by atoms with Crippen LogP contribution in [0.4, 0.5) is 0 Å². The smallest absolute Gasteiger partial charge is 0.283 e. The van der Waals surface area contributed by atoms with E-state index in [-0.39, 0.29) is 17.2 Å². The van der Waals surface area contributed by atoms with Gasteiger partial charge in [-0.2, -0.15) is 0 Å². The maximum absolute atomic E-state index is 12.4. The van der Waals surface area contributed by atoms with E-state index in [0.717, 1.165) is 17.5 Å². The molecule has 112 valence electrons. The van der Waals surface area contributed by atoms with Crippen molar-refractivity contribution in [3.63, 3.8) is 0 Å². The lowest BCUT2D eigenvalue weighted by molar-refractivity contribution is -0.118. The number of thioether (sulfide) groups is 1. The Hall–Kier alpha value is -1.82. The first-order chi connectivity index (χ1) is 10.2. The van der Waals surface area contributed by atoms with Crippen molar-refractivity contribution >= 4 is 28.7 Å². The zero-order valence-electron chi connectivity index (χ0n) is 12.3. The molecule has 2 aromatic rings. The summed E-state index contributed by atoms with van der Waals surface area (Å²) < 4.78 is 1.69. The van der Waals surface area contributed by atoms with E-state index in [0.29, 0.717) is 18.1 Å². The summed E-state index contributed by atoms with van der Waals surface area (Å²) >= 11 is 1.19. The van der Waals surface area contributed by atoms with E-state index in [1.54, 1.807) is 4.57 Å². The fourth-order valence-electron chi connectivity index (χ4n) is 2.03. The van der Waals surface area contributed by atoms with Crippen LogP contribution in [0.5, 0.6) is 0 Å². The highest BCUT2D eigenvalue weighted by Gasteiger charge is 2.11. The van der Waals surface area contributed by atoms with Crippen molar-refractivity contribution in [3.05, 3.63) is 34.6 Å². The van der Waals surface area contributed by atoms with Gasteiger partial charge in [-0.3, -0.25) is 9.59 Å². The summed E-state index contributed by atoms with van der Waals surface area (Å²) in [6.07, 6.45) is 0.896. The zero-order valence-corrected chi connectivity index (χ0v) is 13.1. The largest absolute Gasteiger partial charge is 0.355 e. The minimum atomic E-state index is -0.135. The number of aromatic nitrogens is 2. The molecule has 6 heteroatoms. The highest BCUT2D eigenvalue weighted by atomic mass is 32.2. The number of hydrogen-bond acceptors (Lipinski definition) is 4. The molecule has 0 spiro atoms. The first-order valence-corrected chi connectivity index (χ1v) is 8.05. The van der Waals surface area contributed by atoms with Gasteiger partial charge in [0.1, 0.15) is 0 Å². The first-order valence-electron chi connectivity index (χ1n) is 7.06. The molecule has 1 aromatic carbocycles. The Morgan fingerprint density at radius 1 is 1.33 bits per heavy atom. The van der Waals surface area contributed by atoms with E-state index in [9.17, 15) is 9.59 Å². The number of carbonyl (C=O) groups is 1. The Balaban J connectivity index is 2.26. The number of rotatable bonds is 6. The van der Waals surface area contributed by atoms with Gasteiger partial charge in [-0.15, -0.1) is 0 Å². The van der Waals surface area contributed by atoms with Gasteiger partial charge >= 0.3 is 0 Å². The van der Waals surface area contributed by atoms with Crippen LogP contribution in [0.3, 0.4) is 0 Å². The van der Waals surface area contributed by atoms with E-state index in [4.69, 9.17) is 0 Å². The molecule has 1 amide bonds. The number of nitrogens with zero attached hydrogens (tertiary/aromatic N) is 2. The second-order valence-corrected chi connectivity index (χ2v) is 5.56. The van der Waals surface area contributed by atoms with Crippen molar-refractivity contribution in [2.45, 2.75) is 31.8 Å². The van der Waals surface area contributed by atoms with Crippen molar-refractivity contribution in [1.29, 1.82) is 0 Å². The van der Waals surface area contributed by atoms with Crippen LogP contribution in [0.25, 0.3) is 11.0 Å². The fraction of sp³-hybridized carbons (Fsp3) is 0.400. The Labute approximate surface area is 127 Å². The number of para-hydroxylation sites is 2. The predicted molar refractivity (Wildman–Crippen MR) is 85.7 cm³/mol. The van der Waals surface area contributed by atoms with E-state index in [1.165, 1.54) is 11.8 Å². The fourth-order valence-corrected chi connectivity index (χ4v) is 2.79. The lowest BCUT2D eigenvalue weighted by atomic mass is 10.3. The van der Waals surface area contributed by atoms with E-state index in [2.05, 4.69) is 10.3 Å². The van der Waals surface area contributed by atoms with Crippen LogP contribution in [0.1, 0.15) is 20.3 Å². The van der Waals surface area contributed by atoms with Crippen molar-refractivity contribution in [2.24, 2.45) is 0 Å². The first kappa shape index (κ1) is 15.6. The van der Waals surface area contributed by atoms with Gasteiger partial charge in [-0.05, 0) is 25.5 Å². The normalized spacial score (nSPS) is 10.8. The molecule has 0 bridgehead atoms. The molecule has 0 aliphatic heterocycles. The zero-order chi connectivity index (χ0) is 15.2. The molecule has 21 heavy (non-hydrogen) atoms. The SMILES string of the molecule is CCCNC(=O)CSc1nc2ccccc2n(CC)c1=O. The third kappa shape index (κ3) is 3.64. The summed E-state index contributed by atoms with van der Waals surface area (Å²) in [6.45, 7) is 5.16. The minimum absolute atomic E-state index is 0.0701. The molecule has 1 aromatic heterocycles. The third-order valence-corrected chi connectivity index (χ3v) is 4.00. The molecule has 0 radical (unpaired) electrons. The molecule has 2 rings (SSSR count). The molecule has 0 atom stereocenters. The Morgan fingerprint density at radius 2 is 2.10 bits per heavy atom. The van der Waals surface area contributed by atoms with Gasteiger partial charge in [-0.25, -0.2) is 4.98 Å². The predicted octanol–water partition coefficient (Wildman–Crippen LogP) is 2.03. The van der Waals surface area contributed by atoms with Crippen molar-refractivity contribution in [1.82, 2.24) is 14.9 Å². The molecule has 1 N–H and O–H groups in total. The Morgan fingerprint density at radius 3 is 2.81 bits per heavy atom. The standard InChI is InChI=1S/C15H19N3O2S/c1-3-9-16-13(19)10-21-14-15(20)18(4-2)12-8-6-5-7-11(12)17-14/h5-8H,3-4,9-10H2,1-2H3,(H,16,19). The third-order valence-electron chi connectivity index (χ3n) is 3.05. The molecular weight excluding hydrogens is 286 g/mol. The average Bonchev–Trinajstić information content (AvgIpc) is 2.51. The van der Waals surface area contributed by atoms with Gasteiger partial charge < -0.3 is 9.88 Å². The van der Waals surface area contributed by atoms with E-state index < -0.39 is 0 Å². The summed E-state index contributed by atoms with van der Waals surface area (Å²) in [4.78, 5) is 28.4. The highest BCUT2D eigenvalue weighted by Crippen LogP contribution is 2.16. The van der Waals surface area contributed by atoms with Gasteiger partial charge in [0.15, 0.2) is 5.03 Å². The van der Waals surface area contributed by atoms with Gasteiger partial charge in [0, 0.05) is 13.1 Å². The number of hydrogen-bond donors (Lipinski definition) is 1. The van der Waals surface area contributed by atoms with E-state index in [1.807, 2.05) is 38.1 Å². The van der Waals surface area contributed by atoms with Crippen molar-refractivity contribution in [2.75, 3.05) is 12.3 Å². The van der Waals surface area contributed by atoms with Crippen molar-refractivity contribution in [3.8, 4) is 0 Å². The lowest BCUT2D eigenvalue weighted by Crippen LogP contribution is -2.27. The van der Waals surface area contributed by atoms with Gasteiger partial charge in [0.25, 0.3) is 5.56 Å². The monoisotopic (exact) mass is 305 g/mol. The van der Waals surface area contributed by atoms with Crippen LogP contribution in [-0.2, 0) is 11.3 Å². The number of amides is 1. The summed E-state index contributed by atoms with van der Waals surface area (Å²) in [5, 5.41) is 3.17. The van der Waals surface area contributed by atoms with Gasteiger partial charge in [0.05, 0.1) is 16.8 Å². The molecule has 0 aliphatic rings. The molecule has 0 saturated heterocycles. The lowest BCUT2D eigenvalue weighted by Gasteiger charge is -2.09. The maximum atomic E-state index is 12.4. The van der Waals surface area contributed by atoms with Crippen LogP contribution in [0, 0.1) is 0 Å². The Kier molecular flexibility index (Phi) is 5.38. The quantitative estimate of drug-likeness (QED) is 0.830. The molecular formula is C15H19N3O2S. The number of benzene rings is 1. The molecule has 0 saturated carbocycles. The number of nitrogens with one attached hydrogen (secondary N) is 1. The van der Waals surface area contributed by atoms with E-state index >= 15 is 0 Å². The van der Waals surface area contributed by atoms with Crippen LogP contribution >= 0.6 is 11.8 Å². The summed E-state index contributed by atoms with van der Waals surface area (Å²) in [5.74, 6) is 0.142. The Bertz CT molecular complexity index is 697. The summed E-state index contributed by atoms with van der Waals surface area (Å²) in [6, 6.07) is 7.54. The van der Waals surface area contributed by atoms with Gasteiger partial charge in [0.2, 0.25) is 5.91 Å². The van der Waals surface area contributed by atoms with Crippen LogP contribution in [-0.4, -0.2) is 27.8 Å². The summed E-state index contributed by atoms with van der Waals surface area (Å²) in [5.41, 5.74) is 1.46. The van der Waals surface area contributed by atoms with Crippen LogP contribution in [0.2, 0.25) is 0 Å². The maximum Gasteiger partial charge on any atom is 0.283 e. The number of aryl methyl sites for hydroxylation is 1. The second-order valence-electron chi connectivity index (χ2n) is 4.59. The molecule has 0 unspecified atom stereocenters. The number of fused-ring (bicyclic) bond motifs is 1. The molecule has 0 aliphatic carbocycles. The van der Waals surface area contributed by atoms with Crippen molar-refractivity contribution < 1.29 is 4.79 Å².